The molecule has 0 bridgehead atoms. The number of fused-ring (bicyclic) bond motifs is 1. The lowest BCUT2D eigenvalue weighted by Crippen LogP contribution is -2.38. The van der Waals surface area contributed by atoms with Gasteiger partial charge in [0.1, 0.15) is 0 Å². The fraction of sp³-hybridized carbons (Fsp3) is 0.143. The molecule has 3 N–H and O–H groups in total. The molecule has 4 rings (SSSR count). The van der Waals surface area contributed by atoms with Crippen LogP contribution in [0.4, 0.5) is 4.79 Å². The number of nitrogens with one attached hydrogen (secondary N) is 3. The SMILES string of the molecule is CNC(=O)NC(=O)CSc1nnc(-c2c[nH]c3ccccc23)n1-c1ccccc1C. The Hall–Kier alpha value is -3.59. The van der Waals surface area contributed by atoms with Gasteiger partial charge in [-0.25, -0.2) is 4.79 Å². The van der Waals surface area contributed by atoms with Crippen LogP contribution in [0.3, 0.4) is 0 Å². The van der Waals surface area contributed by atoms with Gasteiger partial charge in [0, 0.05) is 29.7 Å². The number of urea groups is 1. The van der Waals surface area contributed by atoms with Gasteiger partial charge in [0.25, 0.3) is 0 Å². The molecule has 0 saturated carbocycles. The summed E-state index contributed by atoms with van der Waals surface area (Å²) in [6.07, 6.45) is 1.91. The first-order valence-corrected chi connectivity index (χ1v) is 10.3. The predicted molar refractivity (Wildman–Crippen MR) is 117 cm³/mol. The summed E-state index contributed by atoms with van der Waals surface area (Å²) in [4.78, 5) is 26.7. The van der Waals surface area contributed by atoms with E-state index in [9.17, 15) is 9.59 Å². The second-order valence-electron chi connectivity index (χ2n) is 6.59. The number of para-hydroxylation sites is 2. The Morgan fingerprint density at radius 2 is 1.87 bits per heavy atom. The highest BCUT2D eigenvalue weighted by Crippen LogP contribution is 2.33. The monoisotopic (exact) mass is 420 g/mol. The van der Waals surface area contributed by atoms with E-state index in [-0.39, 0.29) is 5.75 Å². The number of carbonyl (C=O) groups is 2. The summed E-state index contributed by atoms with van der Waals surface area (Å²) in [6.45, 7) is 2.01. The van der Waals surface area contributed by atoms with Gasteiger partial charge in [-0.15, -0.1) is 10.2 Å². The van der Waals surface area contributed by atoms with E-state index in [1.807, 2.05) is 66.2 Å². The van der Waals surface area contributed by atoms with Gasteiger partial charge >= 0.3 is 6.03 Å². The van der Waals surface area contributed by atoms with Crippen LogP contribution in [0.2, 0.25) is 0 Å². The molecule has 9 heteroatoms. The largest absolute Gasteiger partial charge is 0.360 e. The van der Waals surface area contributed by atoms with Gasteiger partial charge in [0.15, 0.2) is 11.0 Å². The third-order valence-corrected chi connectivity index (χ3v) is 5.56. The third-order valence-electron chi connectivity index (χ3n) is 4.63. The van der Waals surface area contributed by atoms with Crippen LogP contribution < -0.4 is 10.6 Å². The Morgan fingerprint density at radius 1 is 1.10 bits per heavy atom. The van der Waals surface area contributed by atoms with E-state index in [1.54, 1.807) is 0 Å². The minimum atomic E-state index is -0.541. The van der Waals surface area contributed by atoms with Crippen molar-refractivity contribution < 1.29 is 9.59 Å². The zero-order valence-corrected chi connectivity index (χ0v) is 17.3. The predicted octanol–water partition coefficient (Wildman–Crippen LogP) is 3.27. The minimum absolute atomic E-state index is 0.0331. The Kier molecular flexibility index (Phi) is 5.53. The van der Waals surface area contributed by atoms with Gasteiger partial charge in [0.2, 0.25) is 5.91 Å². The number of hydrogen-bond acceptors (Lipinski definition) is 5. The lowest BCUT2D eigenvalue weighted by Gasteiger charge is -2.12. The molecule has 0 unspecified atom stereocenters. The summed E-state index contributed by atoms with van der Waals surface area (Å²) in [5.41, 5.74) is 3.90. The number of imide groups is 1. The van der Waals surface area contributed by atoms with Crippen molar-refractivity contribution in [1.29, 1.82) is 0 Å². The first-order valence-electron chi connectivity index (χ1n) is 9.30. The van der Waals surface area contributed by atoms with Crippen molar-refractivity contribution in [3.8, 4) is 17.1 Å². The van der Waals surface area contributed by atoms with Crippen LogP contribution in [0, 0.1) is 6.92 Å². The van der Waals surface area contributed by atoms with Crippen LogP contribution in [0.25, 0.3) is 28.0 Å². The van der Waals surface area contributed by atoms with Crippen molar-refractivity contribution in [2.24, 2.45) is 0 Å². The molecule has 0 aliphatic rings. The second-order valence-corrected chi connectivity index (χ2v) is 7.53. The van der Waals surface area contributed by atoms with E-state index in [2.05, 4.69) is 25.8 Å². The van der Waals surface area contributed by atoms with E-state index >= 15 is 0 Å². The highest BCUT2D eigenvalue weighted by Gasteiger charge is 2.20. The highest BCUT2D eigenvalue weighted by molar-refractivity contribution is 7.99. The summed E-state index contributed by atoms with van der Waals surface area (Å²) in [5, 5.41) is 15.0. The molecule has 0 aliphatic carbocycles. The number of aryl methyl sites for hydroxylation is 1. The van der Waals surface area contributed by atoms with Gasteiger partial charge < -0.3 is 10.3 Å². The number of rotatable bonds is 5. The molecule has 2 heterocycles. The summed E-state index contributed by atoms with van der Waals surface area (Å²) in [6, 6.07) is 15.4. The van der Waals surface area contributed by atoms with Crippen molar-refractivity contribution in [2.75, 3.05) is 12.8 Å². The van der Waals surface area contributed by atoms with Crippen molar-refractivity contribution in [1.82, 2.24) is 30.4 Å². The molecule has 152 valence electrons. The molecule has 0 radical (unpaired) electrons. The molecule has 8 nitrogen and oxygen atoms in total. The van der Waals surface area contributed by atoms with Crippen LogP contribution in [-0.2, 0) is 4.79 Å². The molecular weight excluding hydrogens is 400 g/mol. The number of H-pyrrole nitrogens is 1. The molecule has 0 saturated heterocycles. The fourth-order valence-corrected chi connectivity index (χ4v) is 3.93. The molecule has 3 amide bonds. The number of aromatic nitrogens is 4. The Labute approximate surface area is 177 Å². The number of benzene rings is 2. The molecule has 2 aromatic carbocycles. The molecule has 4 aromatic rings. The molecular formula is C21H20N6O2S. The average Bonchev–Trinajstić information content (AvgIpc) is 3.36. The van der Waals surface area contributed by atoms with Crippen molar-refractivity contribution in [3.05, 3.63) is 60.3 Å². The van der Waals surface area contributed by atoms with E-state index < -0.39 is 11.9 Å². The van der Waals surface area contributed by atoms with Gasteiger partial charge in [0.05, 0.1) is 11.4 Å². The third kappa shape index (κ3) is 3.79. The van der Waals surface area contributed by atoms with Crippen molar-refractivity contribution in [2.45, 2.75) is 12.1 Å². The zero-order valence-electron chi connectivity index (χ0n) is 16.5. The first-order chi connectivity index (χ1) is 14.6. The summed E-state index contributed by atoms with van der Waals surface area (Å²) < 4.78 is 1.95. The van der Waals surface area contributed by atoms with Crippen LogP contribution in [-0.4, -0.2) is 44.5 Å². The van der Waals surface area contributed by atoms with Crippen LogP contribution in [0.15, 0.2) is 59.9 Å². The molecule has 0 fully saturated rings. The number of thioether (sulfide) groups is 1. The summed E-state index contributed by atoms with van der Waals surface area (Å²) in [7, 11) is 1.46. The van der Waals surface area contributed by atoms with Crippen LogP contribution in [0.1, 0.15) is 5.56 Å². The van der Waals surface area contributed by atoms with E-state index in [0.717, 1.165) is 27.7 Å². The lowest BCUT2D eigenvalue weighted by molar-refractivity contribution is -0.117. The number of aromatic amines is 1. The lowest BCUT2D eigenvalue weighted by atomic mass is 10.1. The van der Waals surface area contributed by atoms with Gasteiger partial charge in [-0.3, -0.25) is 14.7 Å². The fourth-order valence-electron chi connectivity index (χ4n) is 3.18. The van der Waals surface area contributed by atoms with Gasteiger partial charge in [-0.2, -0.15) is 0 Å². The summed E-state index contributed by atoms with van der Waals surface area (Å²) in [5.74, 6) is 0.300. The number of nitrogens with zero attached hydrogens (tertiary/aromatic N) is 3. The van der Waals surface area contributed by atoms with Gasteiger partial charge in [-0.05, 0) is 24.6 Å². The zero-order chi connectivity index (χ0) is 21.1. The molecule has 0 aliphatic heterocycles. The highest BCUT2D eigenvalue weighted by atomic mass is 32.2. The van der Waals surface area contributed by atoms with E-state index in [4.69, 9.17) is 0 Å². The van der Waals surface area contributed by atoms with Crippen molar-refractivity contribution in [3.63, 3.8) is 0 Å². The topological polar surface area (TPSA) is 105 Å². The molecule has 30 heavy (non-hydrogen) atoms. The summed E-state index contributed by atoms with van der Waals surface area (Å²) >= 11 is 1.22. The molecule has 0 atom stereocenters. The van der Waals surface area contributed by atoms with Crippen molar-refractivity contribution >= 4 is 34.6 Å². The maximum atomic E-state index is 12.1. The Balaban J connectivity index is 1.76. The number of amides is 3. The van der Waals surface area contributed by atoms with Crippen LogP contribution >= 0.6 is 11.8 Å². The maximum Gasteiger partial charge on any atom is 0.321 e. The Morgan fingerprint density at radius 3 is 2.67 bits per heavy atom. The van der Waals surface area contributed by atoms with Gasteiger partial charge in [-0.1, -0.05) is 48.2 Å². The second kappa shape index (κ2) is 8.42. The normalized spacial score (nSPS) is 10.9. The molecule has 2 aromatic heterocycles. The van der Waals surface area contributed by atoms with E-state index in [0.29, 0.717) is 11.0 Å². The standard InChI is InChI=1S/C21H20N6O2S/c1-13-7-3-6-10-17(13)27-19(15-11-23-16-9-5-4-8-14(15)16)25-26-21(27)30-12-18(28)24-20(29)22-2/h3-11,23H,12H2,1-2H3,(H2,22,24,28,29). The van der Waals surface area contributed by atoms with Crippen LogP contribution in [0.5, 0.6) is 0 Å². The molecule has 0 spiro atoms. The first kappa shape index (κ1) is 19.7. The average molecular weight is 420 g/mol. The number of carbonyl (C=O) groups excluding carboxylic acids is 2. The quantitative estimate of drug-likeness (QED) is 0.430. The Bertz CT molecular complexity index is 1230. The smallest absolute Gasteiger partial charge is 0.321 e. The minimum Gasteiger partial charge on any atom is -0.360 e. The number of hydrogen-bond donors (Lipinski definition) is 3. The maximum absolute atomic E-state index is 12.1. The van der Waals surface area contributed by atoms with E-state index in [1.165, 1.54) is 18.8 Å².